The Balaban J connectivity index is 0.000000200. The molecule has 4 N–H and O–H groups in total. The van der Waals surface area contributed by atoms with Crippen LogP contribution in [0.5, 0.6) is 0 Å². The summed E-state index contributed by atoms with van der Waals surface area (Å²) in [6.45, 7) is 0. The third kappa shape index (κ3) is 3.87. The summed E-state index contributed by atoms with van der Waals surface area (Å²) in [5, 5.41) is 0. The van der Waals surface area contributed by atoms with Crippen molar-refractivity contribution in [2.75, 3.05) is 0 Å². The molecule has 0 atom stereocenters. The average Bonchev–Trinajstić information content (AvgIpc) is 2.40. The number of carbonyl (C=O) groups excluding carboxylic acids is 2. The molecule has 10 nitrogen and oxygen atoms in total. The van der Waals surface area contributed by atoms with E-state index in [4.69, 9.17) is 0 Å². The van der Waals surface area contributed by atoms with Crippen molar-refractivity contribution in [1.29, 1.82) is 0 Å². The standard InChI is InChI=1S/2C5H4N2O3/c2*8-2-3-1-6-5(10)7-4(3)9/h2*1-2H,(H2,6,7,9,10). The normalized spacial score (nSPS) is 9.20. The lowest BCUT2D eigenvalue weighted by Crippen LogP contribution is -2.24. The Kier molecular flexibility index (Phi) is 4.86. The molecular formula is C10H8N4O6. The fourth-order valence-electron chi connectivity index (χ4n) is 1.02. The van der Waals surface area contributed by atoms with Gasteiger partial charge in [0.1, 0.15) is 0 Å². The molecule has 0 aliphatic carbocycles. The number of aromatic nitrogens is 4. The maximum atomic E-state index is 10.6. The van der Waals surface area contributed by atoms with E-state index in [-0.39, 0.29) is 11.1 Å². The van der Waals surface area contributed by atoms with Gasteiger partial charge in [0.05, 0.1) is 11.1 Å². The maximum Gasteiger partial charge on any atom is 0.325 e. The number of nitrogens with one attached hydrogen (secondary N) is 4. The maximum absolute atomic E-state index is 10.6. The van der Waals surface area contributed by atoms with Gasteiger partial charge in [-0.15, -0.1) is 0 Å². The minimum Gasteiger partial charge on any atom is -0.313 e. The third-order valence-electron chi connectivity index (χ3n) is 1.95. The second kappa shape index (κ2) is 6.58. The molecule has 0 spiro atoms. The minimum absolute atomic E-state index is 0.0837. The number of hydrogen-bond donors (Lipinski definition) is 4. The van der Waals surface area contributed by atoms with Gasteiger partial charge in [-0.25, -0.2) is 9.59 Å². The zero-order valence-corrected chi connectivity index (χ0v) is 9.76. The van der Waals surface area contributed by atoms with Crippen molar-refractivity contribution >= 4 is 12.6 Å². The quantitative estimate of drug-likeness (QED) is 0.453. The molecule has 0 unspecified atom stereocenters. The van der Waals surface area contributed by atoms with Crippen molar-refractivity contribution in [3.05, 3.63) is 65.2 Å². The van der Waals surface area contributed by atoms with E-state index < -0.39 is 22.5 Å². The average molecular weight is 280 g/mol. The molecule has 0 fully saturated rings. The number of aromatic amines is 4. The molecule has 10 heteroatoms. The van der Waals surface area contributed by atoms with Gasteiger partial charge in [-0.3, -0.25) is 29.1 Å². The van der Waals surface area contributed by atoms with Crippen LogP contribution < -0.4 is 22.5 Å². The van der Waals surface area contributed by atoms with Crippen molar-refractivity contribution in [3.8, 4) is 0 Å². The summed E-state index contributed by atoms with van der Waals surface area (Å²) in [5.41, 5.74) is -2.73. The molecule has 0 aromatic carbocycles. The summed E-state index contributed by atoms with van der Waals surface area (Å²) in [7, 11) is 0. The van der Waals surface area contributed by atoms with Crippen molar-refractivity contribution < 1.29 is 9.59 Å². The second-order valence-electron chi connectivity index (χ2n) is 3.29. The molecule has 2 rings (SSSR count). The van der Waals surface area contributed by atoms with Gasteiger partial charge >= 0.3 is 11.4 Å². The lowest BCUT2D eigenvalue weighted by molar-refractivity contribution is 0.111. The van der Waals surface area contributed by atoms with Crippen LogP contribution in [-0.4, -0.2) is 32.5 Å². The molecule has 0 saturated heterocycles. The van der Waals surface area contributed by atoms with Gasteiger partial charge in [-0.2, -0.15) is 0 Å². The highest BCUT2D eigenvalue weighted by Gasteiger charge is 1.95. The molecule has 0 amide bonds. The number of hydrogen-bond acceptors (Lipinski definition) is 6. The molecule has 20 heavy (non-hydrogen) atoms. The first-order valence-corrected chi connectivity index (χ1v) is 5.02. The van der Waals surface area contributed by atoms with Gasteiger partial charge in [0.25, 0.3) is 11.1 Å². The SMILES string of the molecule is O=Cc1c[nH]c(=O)[nH]c1=O.O=Cc1c[nH]c(=O)[nH]c1=O. The van der Waals surface area contributed by atoms with E-state index >= 15 is 0 Å². The topological polar surface area (TPSA) is 166 Å². The zero-order chi connectivity index (χ0) is 15.1. The van der Waals surface area contributed by atoms with Gasteiger partial charge in [-0.05, 0) is 0 Å². The van der Waals surface area contributed by atoms with E-state index in [1.54, 1.807) is 0 Å². The van der Waals surface area contributed by atoms with Crippen LogP contribution in [0.25, 0.3) is 0 Å². The zero-order valence-electron chi connectivity index (χ0n) is 9.76. The summed E-state index contributed by atoms with van der Waals surface area (Å²) in [6.07, 6.45) is 2.87. The van der Waals surface area contributed by atoms with Crippen LogP contribution >= 0.6 is 0 Å². The lowest BCUT2D eigenvalue weighted by atomic mass is 10.4. The first-order chi connectivity index (χ1) is 9.47. The van der Waals surface area contributed by atoms with Gasteiger partial charge in [0.15, 0.2) is 12.6 Å². The number of carbonyl (C=O) groups is 2. The Morgan fingerprint density at radius 2 is 1.05 bits per heavy atom. The highest BCUT2D eigenvalue weighted by atomic mass is 16.2. The summed E-state index contributed by atoms with van der Waals surface area (Å²) in [6, 6.07) is 0. The van der Waals surface area contributed by atoms with Crippen molar-refractivity contribution in [1.82, 2.24) is 19.9 Å². The smallest absolute Gasteiger partial charge is 0.313 e. The summed E-state index contributed by atoms with van der Waals surface area (Å²) in [4.78, 5) is 69.9. The number of H-pyrrole nitrogens is 4. The van der Waals surface area contributed by atoms with E-state index in [0.717, 1.165) is 12.4 Å². The summed E-state index contributed by atoms with van der Waals surface area (Å²) >= 11 is 0. The highest BCUT2D eigenvalue weighted by molar-refractivity contribution is 5.73. The Bertz CT molecular complexity index is 768. The van der Waals surface area contributed by atoms with Crippen LogP contribution in [0.1, 0.15) is 20.7 Å². The van der Waals surface area contributed by atoms with Crippen molar-refractivity contribution in [3.63, 3.8) is 0 Å². The third-order valence-corrected chi connectivity index (χ3v) is 1.95. The van der Waals surface area contributed by atoms with Crippen LogP contribution in [0.3, 0.4) is 0 Å². The largest absolute Gasteiger partial charge is 0.325 e. The molecule has 0 bridgehead atoms. The van der Waals surface area contributed by atoms with Crippen LogP contribution in [0.2, 0.25) is 0 Å². The molecule has 0 saturated carbocycles. The van der Waals surface area contributed by atoms with E-state index in [9.17, 15) is 28.8 Å². The van der Waals surface area contributed by atoms with Crippen molar-refractivity contribution in [2.45, 2.75) is 0 Å². The fraction of sp³-hybridized carbons (Fsp3) is 0. The number of rotatable bonds is 2. The lowest BCUT2D eigenvalue weighted by Gasteiger charge is -1.83. The molecule has 0 aliphatic rings. The molecule has 0 radical (unpaired) electrons. The Morgan fingerprint density at radius 1 is 0.700 bits per heavy atom. The van der Waals surface area contributed by atoms with Crippen molar-refractivity contribution in [2.24, 2.45) is 0 Å². The number of aldehydes is 2. The second-order valence-corrected chi connectivity index (χ2v) is 3.29. The van der Waals surface area contributed by atoms with Gasteiger partial charge in [-0.1, -0.05) is 0 Å². The summed E-state index contributed by atoms with van der Waals surface area (Å²) in [5.74, 6) is 0. The Labute approximate surface area is 108 Å². The molecule has 2 aromatic heterocycles. The highest BCUT2D eigenvalue weighted by Crippen LogP contribution is 1.73. The molecule has 104 valence electrons. The van der Waals surface area contributed by atoms with Crippen LogP contribution in [0, 0.1) is 0 Å². The van der Waals surface area contributed by atoms with Gasteiger partial charge < -0.3 is 9.97 Å². The Hall–Kier alpha value is -3.30. The molecule has 0 aliphatic heterocycles. The van der Waals surface area contributed by atoms with Crippen LogP contribution in [-0.2, 0) is 0 Å². The monoisotopic (exact) mass is 280 g/mol. The van der Waals surface area contributed by atoms with Crippen LogP contribution in [0.4, 0.5) is 0 Å². The van der Waals surface area contributed by atoms with Gasteiger partial charge in [0.2, 0.25) is 0 Å². The summed E-state index contributed by atoms with van der Waals surface area (Å²) < 4.78 is 0. The predicted molar refractivity (Wildman–Crippen MR) is 66.1 cm³/mol. The molecule has 2 heterocycles. The van der Waals surface area contributed by atoms with E-state index in [0.29, 0.717) is 12.6 Å². The van der Waals surface area contributed by atoms with E-state index in [1.807, 2.05) is 9.97 Å². The first-order valence-electron chi connectivity index (χ1n) is 5.02. The van der Waals surface area contributed by atoms with Crippen LogP contribution in [0.15, 0.2) is 31.6 Å². The molecule has 2 aromatic rings. The fourth-order valence-corrected chi connectivity index (χ4v) is 1.02. The van der Waals surface area contributed by atoms with E-state index in [1.165, 1.54) is 0 Å². The Morgan fingerprint density at radius 3 is 1.30 bits per heavy atom. The molecular weight excluding hydrogens is 272 g/mol. The van der Waals surface area contributed by atoms with E-state index in [2.05, 4.69) is 9.97 Å². The first kappa shape index (κ1) is 14.8. The van der Waals surface area contributed by atoms with Gasteiger partial charge in [0, 0.05) is 12.4 Å². The minimum atomic E-state index is -0.668. The predicted octanol–water partition coefficient (Wildman–Crippen LogP) is -2.25.